The Morgan fingerprint density at radius 3 is 2.69 bits per heavy atom. The molecule has 0 aliphatic carbocycles. The van der Waals surface area contributed by atoms with Crippen LogP contribution in [0.15, 0.2) is 58.2 Å². The van der Waals surface area contributed by atoms with Gasteiger partial charge in [-0.05, 0) is 36.2 Å². The van der Waals surface area contributed by atoms with Crippen molar-refractivity contribution in [3.8, 4) is 11.5 Å². The van der Waals surface area contributed by atoms with Crippen LogP contribution in [0.5, 0.6) is 0 Å². The predicted molar refractivity (Wildman–Crippen MR) is 137 cm³/mol. The maximum Gasteiger partial charge on any atom is 0.257 e. The van der Waals surface area contributed by atoms with Gasteiger partial charge in [-0.1, -0.05) is 30.3 Å². The maximum atomic E-state index is 5.42. The molecule has 4 rings (SSSR count). The number of guanidine groups is 1. The highest BCUT2D eigenvalue weighted by molar-refractivity contribution is 14.0. The maximum absolute atomic E-state index is 5.42. The van der Waals surface area contributed by atoms with Gasteiger partial charge in [-0.3, -0.25) is 4.99 Å². The highest BCUT2D eigenvalue weighted by Gasteiger charge is 2.20. The van der Waals surface area contributed by atoms with Crippen molar-refractivity contribution >= 4 is 35.8 Å². The van der Waals surface area contributed by atoms with E-state index in [-0.39, 0.29) is 24.0 Å². The molecule has 3 aromatic rings. The molecule has 1 aromatic carbocycles. The van der Waals surface area contributed by atoms with Crippen LogP contribution in [-0.2, 0) is 13.0 Å². The van der Waals surface area contributed by atoms with Crippen LogP contribution < -0.4 is 10.2 Å². The van der Waals surface area contributed by atoms with Gasteiger partial charge >= 0.3 is 0 Å². The summed E-state index contributed by atoms with van der Waals surface area (Å²) in [6.45, 7) is 6.43. The van der Waals surface area contributed by atoms with Crippen LogP contribution in [0.25, 0.3) is 11.5 Å². The number of pyridine rings is 1. The molecule has 0 bridgehead atoms. The van der Waals surface area contributed by atoms with Crippen molar-refractivity contribution in [2.45, 2.75) is 26.3 Å². The van der Waals surface area contributed by atoms with Gasteiger partial charge in [-0.15, -0.1) is 24.0 Å². The van der Waals surface area contributed by atoms with Crippen molar-refractivity contribution in [1.29, 1.82) is 0 Å². The minimum atomic E-state index is 0. The minimum absolute atomic E-state index is 0. The Morgan fingerprint density at radius 1 is 1.12 bits per heavy atom. The molecule has 0 amide bonds. The topological polar surface area (TPSA) is 82.7 Å². The Bertz CT molecular complexity index is 1000. The fourth-order valence-corrected chi connectivity index (χ4v) is 3.71. The molecule has 3 heterocycles. The van der Waals surface area contributed by atoms with Crippen LogP contribution in [0.1, 0.15) is 24.7 Å². The number of benzene rings is 1. The van der Waals surface area contributed by atoms with E-state index in [1.165, 1.54) is 0 Å². The summed E-state index contributed by atoms with van der Waals surface area (Å²) in [7, 11) is 1.83. The van der Waals surface area contributed by atoms with Crippen molar-refractivity contribution in [3.05, 3.63) is 60.0 Å². The molecule has 0 atom stereocenters. The third-order valence-electron chi connectivity index (χ3n) is 5.33. The number of hydrogen-bond acceptors (Lipinski definition) is 6. The van der Waals surface area contributed by atoms with Gasteiger partial charge in [0.1, 0.15) is 5.82 Å². The number of aliphatic imine (C=N–C) groups is 1. The third-order valence-corrected chi connectivity index (χ3v) is 5.33. The van der Waals surface area contributed by atoms with Crippen LogP contribution >= 0.6 is 24.0 Å². The average molecular weight is 547 g/mol. The van der Waals surface area contributed by atoms with Crippen molar-refractivity contribution in [3.63, 3.8) is 0 Å². The molecule has 1 aliphatic rings. The molecular weight excluding hydrogens is 517 g/mol. The lowest BCUT2D eigenvalue weighted by Crippen LogP contribution is -2.52. The summed E-state index contributed by atoms with van der Waals surface area (Å²) in [5, 5.41) is 7.54. The molecule has 170 valence electrons. The number of aromatic nitrogens is 3. The van der Waals surface area contributed by atoms with E-state index in [2.05, 4.69) is 60.4 Å². The van der Waals surface area contributed by atoms with Crippen LogP contribution in [-0.4, -0.2) is 59.2 Å². The first-order valence-electron chi connectivity index (χ1n) is 10.8. The van der Waals surface area contributed by atoms with E-state index in [9.17, 15) is 0 Å². The summed E-state index contributed by atoms with van der Waals surface area (Å²) >= 11 is 0. The number of halogens is 1. The highest BCUT2D eigenvalue weighted by atomic mass is 127. The molecular formula is C23H30IN7O. The second-order valence-electron chi connectivity index (χ2n) is 7.53. The Labute approximate surface area is 206 Å². The van der Waals surface area contributed by atoms with E-state index in [4.69, 9.17) is 4.52 Å². The number of nitrogens with zero attached hydrogens (tertiary/aromatic N) is 6. The van der Waals surface area contributed by atoms with E-state index in [0.29, 0.717) is 12.4 Å². The number of anilines is 1. The summed E-state index contributed by atoms with van der Waals surface area (Å²) in [6, 6.07) is 14.2. The van der Waals surface area contributed by atoms with Crippen molar-refractivity contribution in [1.82, 2.24) is 25.3 Å². The van der Waals surface area contributed by atoms with Gasteiger partial charge < -0.3 is 19.6 Å². The first-order chi connectivity index (χ1) is 15.3. The van der Waals surface area contributed by atoms with E-state index in [1.54, 1.807) is 0 Å². The van der Waals surface area contributed by atoms with E-state index >= 15 is 0 Å². The lowest BCUT2D eigenvalue weighted by Gasteiger charge is -2.37. The summed E-state index contributed by atoms with van der Waals surface area (Å²) in [5.74, 6) is 3.27. The van der Waals surface area contributed by atoms with Crippen molar-refractivity contribution < 1.29 is 4.52 Å². The van der Waals surface area contributed by atoms with Crippen LogP contribution in [0.2, 0.25) is 0 Å². The second kappa shape index (κ2) is 11.8. The van der Waals surface area contributed by atoms with Crippen LogP contribution in [0, 0.1) is 0 Å². The molecule has 0 unspecified atom stereocenters. The summed E-state index contributed by atoms with van der Waals surface area (Å²) in [5.41, 5.74) is 2.08. The quantitative estimate of drug-likeness (QED) is 0.287. The highest BCUT2D eigenvalue weighted by Crippen LogP contribution is 2.19. The van der Waals surface area contributed by atoms with Gasteiger partial charge in [0.15, 0.2) is 11.8 Å². The first kappa shape index (κ1) is 24.0. The SMILES string of the molecule is CCCc1noc(-c2cccc(CNC(=NC)N3CCN(c4ccccn4)CC3)c2)n1.I. The second-order valence-corrected chi connectivity index (χ2v) is 7.53. The summed E-state index contributed by atoms with van der Waals surface area (Å²) in [6.07, 6.45) is 3.67. The fourth-order valence-electron chi connectivity index (χ4n) is 3.71. The summed E-state index contributed by atoms with van der Waals surface area (Å²) in [4.78, 5) is 18.0. The van der Waals surface area contributed by atoms with Crippen molar-refractivity contribution in [2.24, 2.45) is 4.99 Å². The largest absolute Gasteiger partial charge is 0.353 e. The standard InChI is InChI=1S/C23H29N7O.HI/c1-3-7-20-27-22(31-28-20)19-9-6-8-18(16-19)17-26-23(24-2)30-14-12-29(13-15-30)21-10-4-5-11-25-21;/h4-6,8-11,16H,3,7,12-15,17H2,1-2H3,(H,24,26);1H. The van der Waals surface area contributed by atoms with E-state index in [1.807, 2.05) is 37.5 Å². The summed E-state index contributed by atoms with van der Waals surface area (Å²) < 4.78 is 5.42. The number of nitrogens with one attached hydrogen (secondary N) is 1. The first-order valence-corrected chi connectivity index (χ1v) is 10.8. The predicted octanol–water partition coefficient (Wildman–Crippen LogP) is 3.60. The zero-order valence-corrected chi connectivity index (χ0v) is 20.9. The van der Waals surface area contributed by atoms with Gasteiger partial charge in [0.25, 0.3) is 5.89 Å². The van der Waals surface area contributed by atoms with Gasteiger partial charge in [0.05, 0.1) is 0 Å². The molecule has 8 nitrogen and oxygen atoms in total. The number of rotatable bonds is 6. The molecule has 2 aromatic heterocycles. The molecule has 0 radical (unpaired) electrons. The average Bonchev–Trinajstić information content (AvgIpc) is 3.30. The lowest BCUT2D eigenvalue weighted by atomic mass is 10.1. The molecule has 0 saturated carbocycles. The van der Waals surface area contributed by atoms with Gasteiger partial charge in [-0.25, -0.2) is 4.98 Å². The zero-order chi connectivity index (χ0) is 21.5. The van der Waals surface area contributed by atoms with Gasteiger partial charge in [0, 0.05) is 58.0 Å². The zero-order valence-electron chi connectivity index (χ0n) is 18.6. The molecule has 1 fully saturated rings. The molecule has 9 heteroatoms. The molecule has 0 spiro atoms. The molecule has 1 aliphatic heterocycles. The Hall–Kier alpha value is -2.69. The Kier molecular flexibility index (Phi) is 8.83. The van der Waals surface area contributed by atoms with Crippen molar-refractivity contribution in [2.75, 3.05) is 38.1 Å². The normalized spacial score (nSPS) is 14.2. The van der Waals surface area contributed by atoms with Crippen LogP contribution in [0.3, 0.4) is 0 Å². The molecule has 32 heavy (non-hydrogen) atoms. The van der Waals surface area contributed by atoms with E-state index < -0.39 is 0 Å². The number of piperazine rings is 1. The van der Waals surface area contributed by atoms with Crippen LogP contribution in [0.4, 0.5) is 5.82 Å². The Balaban J connectivity index is 0.00000289. The lowest BCUT2D eigenvalue weighted by molar-refractivity contribution is 0.371. The third kappa shape index (κ3) is 5.96. The van der Waals surface area contributed by atoms with Gasteiger partial charge in [0.2, 0.25) is 0 Å². The van der Waals surface area contributed by atoms with Gasteiger partial charge in [-0.2, -0.15) is 4.98 Å². The number of aryl methyl sites for hydroxylation is 1. The molecule has 1 saturated heterocycles. The van der Waals surface area contributed by atoms with E-state index in [0.717, 1.165) is 67.7 Å². The number of hydrogen-bond donors (Lipinski definition) is 1. The molecule has 1 N–H and O–H groups in total. The fraction of sp³-hybridized carbons (Fsp3) is 0.391. The minimum Gasteiger partial charge on any atom is -0.353 e. The smallest absolute Gasteiger partial charge is 0.257 e. The monoisotopic (exact) mass is 547 g/mol. The Morgan fingerprint density at radius 2 is 1.97 bits per heavy atom.